The molecule has 0 bridgehead atoms. The van der Waals surface area contributed by atoms with Gasteiger partial charge in [-0.2, -0.15) is 0 Å². The Labute approximate surface area is 218 Å². The van der Waals surface area contributed by atoms with Gasteiger partial charge in [-0.25, -0.2) is 4.39 Å². The van der Waals surface area contributed by atoms with Gasteiger partial charge in [-0.05, 0) is 74.8 Å². The third kappa shape index (κ3) is 4.15. The molecular formula is C35H30FN. The Morgan fingerprint density at radius 2 is 1.43 bits per heavy atom. The lowest BCUT2D eigenvalue weighted by atomic mass is 9.88. The van der Waals surface area contributed by atoms with Gasteiger partial charge in [0.15, 0.2) is 0 Å². The second kappa shape index (κ2) is 10.3. The Bertz CT molecular complexity index is 1690. The number of anilines is 2. The quantitative estimate of drug-likeness (QED) is 0.149. The summed E-state index contributed by atoms with van der Waals surface area (Å²) in [5, 5.41) is 7.01. The smallest absolute Gasteiger partial charge is 0.146 e. The number of rotatable bonds is 9. The lowest BCUT2D eigenvalue weighted by Gasteiger charge is -2.28. The van der Waals surface area contributed by atoms with Crippen molar-refractivity contribution in [1.29, 1.82) is 0 Å². The molecule has 0 radical (unpaired) electrons. The number of halogens is 1. The van der Waals surface area contributed by atoms with Gasteiger partial charge in [0.05, 0.1) is 11.4 Å². The fourth-order valence-corrected chi connectivity index (χ4v) is 5.37. The van der Waals surface area contributed by atoms with Crippen LogP contribution in [0, 0.1) is 0 Å². The molecule has 0 unspecified atom stereocenters. The molecule has 0 N–H and O–H groups in total. The van der Waals surface area contributed by atoms with Crippen molar-refractivity contribution in [2.45, 2.75) is 19.8 Å². The molecule has 0 saturated carbocycles. The van der Waals surface area contributed by atoms with Crippen LogP contribution in [0.25, 0.3) is 37.9 Å². The summed E-state index contributed by atoms with van der Waals surface area (Å²) in [7, 11) is 0. The van der Waals surface area contributed by atoms with Crippen LogP contribution in [0.4, 0.5) is 15.8 Å². The summed E-state index contributed by atoms with van der Waals surface area (Å²) in [5.41, 5.74) is 4.62. The topological polar surface area (TPSA) is 3.24 Å². The van der Waals surface area contributed by atoms with Crippen LogP contribution in [-0.4, -0.2) is 0 Å². The van der Waals surface area contributed by atoms with E-state index in [0.29, 0.717) is 5.70 Å². The normalized spacial score (nSPS) is 12.6. The molecule has 0 atom stereocenters. The van der Waals surface area contributed by atoms with Gasteiger partial charge < -0.3 is 4.90 Å². The fourth-order valence-electron chi connectivity index (χ4n) is 5.37. The second-order valence-corrected chi connectivity index (χ2v) is 9.11. The molecule has 0 aliphatic rings. The zero-order chi connectivity index (χ0) is 25.9. The van der Waals surface area contributed by atoms with Crippen molar-refractivity contribution in [3.63, 3.8) is 0 Å². The molecule has 5 rings (SSSR count). The highest BCUT2D eigenvalue weighted by molar-refractivity contribution is 6.27. The van der Waals surface area contributed by atoms with E-state index in [1.807, 2.05) is 41.3 Å². The minimum absolute atomic E-state index is 0.357. The van der Waals surface area contributed by atoms with Crippen molar-refractivity contribution < 1.29 is 4.39 Å². The van der Waals surface area contributed by atoms with Gasteiger partial charge in [0.25, 0.3) is 0 Å². The van der Waals surface area contributed by atoms with E-state index in [9.17, 15) is 0 Å². The molecule has 5 aromatic rings. The Hall–Kier alpha value is -4.43. The van der Waals surface area contributed by atoms with Gasteiger partial charge in [-0.15, -0.1) is 0 Å². The Morgan fingerprint density at radius 1 is 0.784 bits per heavy atom. The first-order valence-electron chi connectivity index (χ1n) is 12.6. The van der Waals surface area contributed by atoms with Crippen molar-refractivity contribution in [2.75, 3.05) is 4.90 Å². The lowest BCUT2D eigenvalue weighted by molar-refractivity contribution is 0.656. The van der Waals surface area contributed by atoms with E-state index in [-0.39, 0.29) is 0 Å². The lowest BCUT2D eigenvalue weighted by Crippen LogP contribution is -2.16. The van der Waals surface area contributed by atoms with E-state index in [0.717, 1.165) is 35.0 Å². The molecule has 0 amide bonds. The second-order valence-electron chi connectivity index (χ2n) is 9.11. The van der Waals surface area contributed by atoms with Crippen molar-refractivity contribution in [3.05, 3.63) is 140 Å². The molecule has 2 heteroatoms. The fraction of sp³-hybridized carbons (Fsp3) is 0.0857. The SMILES string of the molecule is C=C/C=C(\CCC)c1ccc2ccc3c(N(/C(C=C)=C(\F)C=C)c4ccccc4)ccc4ccc1c2c43. The molecule has 182 valence electrons. The van der Waals surface area contributed by atoms with E-state index in [4.69, 9.17) is 0 Å². The molecule has 0 saturated heterocycles. The van der Waals surface area contributed by atoms with Crippen LogP contribution < -0.4 is 4.90 Å². The molecule has 0 aliphatic carbocycles. The molecule has 1 nitrogen and oxygen atoms in total. The zero-order valence-electron chi connectivity index (χ0n) is 21.2. The summed E-state index contributed by atoms with van der Waals surface area (Å²) in [5.74, 6) is -0.425. The molecule has 0 heterocycles. The van der Waals surface area contributed by atoms with Crippen molar-refractivity contribution in [2.24, 2.45) is 0 Å². The summed E-state index contributed by atoms with van der Waals surface area (Å²) >= 11 is 0. The summed E-state index contributed by atoms with van der Waals surface area (Å²) in [6, 6.07) is 27.2. The third-order valence-corrected chi connectivity index (χ3v) is 6.94. The van der Waals surface area contributed by atoms with E-state index < -0.39 is 5.83 Å². The van der Waals surface area contributed by atoms with Gasteiger partial charge in [0.2, 0.25) is 0 Å². The largest absolute Gasteiger partial charge is 0.307 e. The predicted octanol–water partition coefficient (Wildman–Crippen LogP) is 10.6. The monoisotopic (exact) mass is 483 g/mol. The number of para-hydroxylation sites is 1. The molecule has 0 spiro atoms. The summed E-state index contributed by atoms with van der Waals surface area (Å²) in [6.07, 6.45) is 8.82. The molecule has 0 aromatic heterocycles. The number of benzene rings is 5. The van der Waals surface area contributed by atoms with E-state index in [1.54, 1.807) is 6.08 Å². The van der Waals surface area contributed by atoms with Crippen LogP contribution in [0.2, 0.25) is 0 Å². The average Bonchev–Trinajstić information content (AvgIpc) is 2.94. The number of nitrogens with zero attached hydrogens (tertiary/aromatic N) is 1. The highest BCUT2D eigenvalue weighted by Gasteiger charge is 2.21. The first-order chi connectivity index (χ1) is 18.1. The van der Waals surface area contributed by atoms with Crippen LogP contribution in [0.3, 0.4) is 0 Å². The standard InChI is InChI=1S/C35H30FN/c1-5-12-24(13-6-2)28-20-16-25-18-22-30-33(23-19-26-17-21-29(28)34(25)35(26)30)37(27-14-10-9-11-15-27)32(8-4)31(36)7-3/h5,7-12,14-23H,1,3-4,6,13H2,2H3/b24-12+,32-31-. The van der Waals surface area contributed by atoms with Crippen LogP contribution in [-0.2, 0) is 0 Å². The predicted molar refractivity (Wildman–Crippen MR) is 160 cm³/mol. The first kappa shape index (κ1) is 24.3. The highest BCUT2D eigenvalue weighted by atomic mass is 19.1. The van der Waals surface area contributed by atoms with Crippen LogP contribution in [0.15, 0.2) is 134 Å². The summed E-state index contributed by atoms with van der Waals surface area (Å²) < 4.78 is 15.1. The van der Waals surface area contributed by atoms with Crippen LogP contribution in [0.5, 0.6) is 0 Å². The van der Waals surface area contributed by atoms with E-state index in [1.165, 1.54) is 38.8 Å². The van der Waals surface area contributed by atoms with E-state index in [2.05, 4.69) is 81.3 Å². The summed E-state index contributed by atoms with van der Waals surface area (Å²) in [6.45, 7) is 13.7. The van der Waals surface area contributed by atoms with Crippen molar-refractivity contribution in [3.8, 4) is 0 Å². The highest BCUT2D eigenvalue weighted by Crippen LogP contribution is 2.44. The Balaban J connectivity index is 1.88. The van der Waals surface area contributed by atoms with Crippen LogP contribution >= 0.6 is 0 Å². The molecule has 0 aliphatic heterocycles. The zero-order valence-corrected chi connectivity index (χ0v) is 21.2. The number of hydrogen-bond acceptors (Lipinski definition) is 1. The molecule has 5 aromatic carbocycles. The molecular weight excluding hydrogens is 453 g/mol. The molecule has 37 heavy (non-hydrogen) atoms. The van der Waals surface area contributed by atoms with E-state index >= 15 is 4.39 Å². The van der Waals surface area contributed by atoms with Gasteiger partial charge in [-0.1, -0.05) is 106 Å². The van der Waals surface area contributed by atoms with Gasteiger partial charge in [0.1, 0.15) is 5.83 Å². The number of hydrogen-bond donors (Lipinski definition) is 0. The van der Waals surface area contributed by atoms with Crippen molar-refractivity contribution in [1.82, 2.24) is 0 Å². The Kier molecular flexibility index (Phi) is 6.74. The summed E-state index contributed by atoms with van der Waals surface area (Å²) in [4.78, 5) is 1.93. The van der Waals surface area contributed by atoms with Gasteiger partial charge in [-0.3, -0.25) is 0 Å². The minimum Gasteiger partial charge on any atom is -0.307 e. The average molecular weight is 484 g/mol. The van der Waals surface area contributed by atoms with Crippen LogP contribution in [0.1, 0.15) is 25.3 Å². The van der Waals surface area contributed by atoms with Gasteiger partial charge >= 0.3 is 0 Å². The maximum atomic E-state index is 15.1. The maximum Gasteiger partial charge on any atom is 0.146 e. The van der Waals surface area contributed by atoms with Gasteiger partial charge in [0, 0.05) is 11.1 Å². The first-order valence-corrected chi connectivity index (χ1v) is 12.6. The Morgan fingerprint density at radius 3 is 2.08 bits per heavy atom. The minimum atomic E-state index is -0.425. The number of allylic oxidation sites excluding steroid dienone is 6. The maximum absolute atomic E-state index is 15.1. The van der Waals surface area contributed by atoms with Crippen molar-refractivity contribution >= 4 is 49.3 Å². The third-order valence-electron chi connectivity index (χ3n) is 6.94. The molecule has 0 fully saturated rings.